The van der Waals surface area contributed by atoms with Gasteiger partial charge in [0.15, 0.2) is 5.78 Å². The predicted octanol–water partition coefficient (Wildman–Crippen LogP) is 4.33. The van der Waals surface area contributed by atoms with E-state index < -0.39 is 0 Å². The summed E-state index contributed by atoms with van der Waals surface area (Å²) < 4.78 is 1.64. The van der Waals surface area contributed by atoms with E-state index in [1.54, 1.807) is 14.5 Å². The molecule has 7 heteroatoms. The Morgan fingerprint density at radius 1 is 0.882 bits per heavy atom. The van der Waals surface area contributed by atoms with Gasteiger partial charge in [0.1, 0.15) is 11.4 Å². The van der Waals surface area contributed by atoms with Gasteiger partial charge < -0.3 is 9.80 Å². The van der Waals surface area contributed by atoms with E-state index in [9.17, 15) is 14.4 Å². The molecule has 0 N–H and O–H groups in total. The van der Waals surface area contributed by atoms with Crippen LogP contribution in [0.4, 0.5) is 11.4 Å². The fourth-order valence-corrected chi connectivity index (χ4v) is 5.12. The monoisotopic (exact) mass is 456 g/mol. The van der Waals surface area contributed by atoms with E-state index >= 15 is 0 Å². The lowest BCUT2D eigenvalue weighted by atomic mass is 10.00. The molecule has 7 nitrogen and oxygen atoms in total. The number of carbonyl (C=O) groups is 3. The maximum atomic E-state index is 13.9. The molecular formula is C27H28N4O3. The van der Waals surface area contributed by atoms with Crippen molar-refractivity contribution in [2.24, 2.45) is 0 Å². The Morgan fingerprint density at radius 2 is 1.62 bits per heavy atom. The molecular weight excluding hydrogens is 428 g/mol. The molecule has 1 aromatic heterocycles. The molecule has 0 spiro atoms. The van der Waals surface area contributed by atoms with Crippen LogP contribution in [0.1, 0.15) is 63.0 Å². The molecule has 174 valence electrons. The van der Waals surface area contributed by atoms with E-state index in [2.05, 4.69) is 5.10 Å². The second-order valence-corrected chi connectivity index (χ2v) is 9.26. The van der Waals surface area contributed by atoms with Crippen molar-refractivity contribution in [1.29, 1.82) is 0 Å². The van der Waals surface area contributed by atoms with Crippen LogP contribution in [-0.4, -0.2) is 40.5 Å². The van der Waals surface area contributed by atoms with Crippen LogP contribution in [0.5, 0.6) is 0 Å². The van der Waals surface area contributed by atoms with Gasteiger partial charge in [-0.15, -0.1) is 0 Å². The smallest absolute Gasteiger partial charge is 0.277 e. The third-order valence-electron chi connectivity index (χ3n) is 6.79. The van der Waals surface area contributed by atoms with Gasteiger partial charge in [-0.3, -0.25) is 14.4 Å². The standard InChI is InChI=1S/C27H28N4O3/c1-16-7-9-23(17(2)14-16)31-26-21(25(28-31)19(4)32)11-13-30(27(26)34)22-10-8-20(15-18(22)3)29-12-5-6-24(29)33/h7-10,14-15H,5-6,11-13H2,1-4H3. The van der Waals surface area contributed by atoms with Crippen LogP contribution in [-0.2, 0) is 11.2 Å². The summed E-state index contributed by atoms with van der Waals surface area (Å²) in [5.74, 6) is -0.175. The lowest BCUT2D eigenvalue weighted by Crippen LogP contribution is -2.39. The first-order valence-corrected chi connectivity index (χ1v) is 11.7. The summed E-state index contributed by atoms with van der Waals surface area (Å²) >= 11 is 0. The highest BCUT2D eigenvalue weighted by atomic mass is 16.2. The molecule has 0 bridgehead atoms. The minimum atomic E-state index is -0.172. The first-order chi connectivity index (χ1) is 16.3. The zero-order valence-corrected chi connectivity index (χ0v) is 20.0. The van der Waals surface area contributed by atoms with Crippen molar-refractivity contribution in [3.05, 3.63) is 70.0 Å². The average Bonchev–Trinajstić information content (AvgIpc) is 3.39. The molecule has 0 saturated carbocycles. The van der Waals surface area contributed by atoms with E-state index in [0.717, 1.165) is 46.7 Å². The largest absolute Gasteiger partial charge is 0.312 e. The number of amides is 2. The van der Waals surface area contributed by atoms with Gasteiger partial charge in [0.25, 0.3) is 5.91 Å². The van der Waals surface area contributed by atoms with Crippen LogP contribution in [0.3, 0.4) is 0 Å². The number of anilines is 2. The fraction of sp³-hybridized carbons (Fsp3) is 0.333. The van der Waals surface area contributed by atoms with Crippen molar-refractivity contribution >= 4 is 29.0 Å². The molecule has 2 aromatic carbocycles. The molecule has 1 saturated heterocycles. The summed E-state index contributed by atoms with van der Waals surface area (Å²) in [7, 11) is 0. The van der Waals surface area contributed by atoms with Crippen LogP contribution in [0.15, 0.2) is 36.4 Å². The number of hydrogen-bond donors (Lipinski definition) is 0. The van der Waals surface area contributed by atoms with Crippen molar-refractivity contribution in [3.8, 4) is 5.69 Å². The van der Waals surface area contributed by atoms with Gasteiger partial charge in [-0.25, -0.2) is 4.68 Å². The Balaban J connectivity index is 1.57. The molecule has 34 heavy (non-hydrogen) atoms. The molecule has 0 radical (unpaired) electrons. The van der Waals surface area contributed by atoms with E-state index in [1.165, 1.54) is 6.92 Å². The fourth-order valence-electron chi connectivity index (χ4n) is 5.12. The lowest BCUT2D eigenvalue weighted by Gasteiger charge is -2.30. The molecule has 3 aromatic rings. The summed E-state index contributed by atoms with van der Waals surface area (Å²) in [6, 6.07) is 11.8. The SMILES string of the molecule is CC(=O)c1nn(-c2ccc(C)cc2C)c2c1CCN(c1ccc(N3CCCC3=O)cc1C)C2=O. The number of benzene rings is 2. The van der Waals surface area contributed by atoms with E-state index in [1.807, 2.05) is 57.2 Å². The first kappa shape index (κ1) is 22.1. The van der Waals surface area contributed by atoms with Crippen molar-refractivity contribution in [2.75, 3.05) is 22.9 Å². The number of nitrogens with zero attached hydrogens (tertiary/aromatic N) is 4. The molecule has 2 aliphatic heterocycles. The zero-order chi connectivity index (χ0) is 24.1. The highest BCUT2D eigenvalue weighted by Crippen LogP contribution is 2.33. The third-order valence-corrected chi connectivity index (χ3v) is 6.79. The van der Waals surface area contributed by atoms with Gasteiger partial charge >= 0.3 is 0 Å². The minimum Gasteiger partial charge on any atom is -0.312 e. The maximum Gasteiger partial charge on any atom is 0.277 e. The summed E-state index contributed by atoms with van der Waals surface area (Å²) in [6.45, 7) is 8.65. The Morgan fingerprint density at radius 3 is 2.26 bits per heavy atom. The van der Waals surface area contributed by atoms with E-state index in [-0.39, 0.29) is 17.6 Å². The molecule has 0 atom stereocenters. The summed E-state index contributed by atoms with van der Waals surface area (Å²) in [5.41, 5.74) is 7.03. The minimum absolute atomic E-state index is 0.139. The van der Waals surface area contributed by atoms with Gasteiger partial charge in [0, 0.05) is 43.4 Å². The van der Waals surface area contributed by atoms with Gasteiger partial charge in [-0.05, 0) is 69.0 Å². The second-order valence-electron chi connectivity index (χ2n) is 9.26. The second kappa shape index (κ2) is 8.24. The Labute approximate surface area is 199 Å². The van der Waals surface area contributed by atoms with Crippen LogP contribution in [0.2, 0.25) is 0 Å². The van der Waals surface area contributed by atoms with E-state index in [0.29, 0.717) is 36.3 Å². The van der Waals surface area contributed by atoms with Crippen molar-refractivity contribution in [2.45, 2.75) is 47.0 Å². The number of carbonyl (C=O) groups excluding carboxylic acids is 3. The molecule has 1 fully saturated rings. The van der Waals surface area contributed by atoms with Crippen LogP contribution >= 0.6 is 0 Å². The number of aromatic nitrogens is 2. The number of Topliss-reactive ketones (excluding diaryl/α,β-unsaturated/α-hetero) is 1. The molecule has 2 aliphatic rings. The number of aryl methyl sites for hydroxylation is 3. The van der Waals surface area contributed by atoms with Gasteiger partial charge in [-0.2, -0.15) is 5.10 Å². The Kier molecular flexibility index (Phi) is 5.35. The van der Waals surface area contributed by atoms with Gasteiger partial charge in [0.2, 0.25) is 5.91 Å². The molecule has 0 aliphatic carbocycles. The van der Waals surface area contributed by atoms with Gasteiger partial charge in [0.05, 0.1) is 5.69 Å². The number of hydrogen-bond acceptors (Lipinski definition) is 4. The predicted molar refractivity (Wildman–Crippen MR) is 131 cm³/mol. The molecule has 0 unspecified atom stereocenters. The van der Waals surface area contributed by atoms with Crippen molar-refractivity contribution < 1.29 is 14.4 Å². The van der Waals surface area contributed by atoms with Crippen LogP contribution < -0.4 is 9.80 Å². The summed E-state index contributed by atoms with van der Waals surface area (Å²) in [6.07, 6.45) is 2.00. The number of rotatable bonds is 4. The molecule has 2 amide bonds. The Bertz CT molecular complexity index is 1350. The molecule has 3 heterocycles. The first-order valence-electron chi connectivity index (χ1n) is 11.7. The summed E-state index contributed by atoms with van der Waals surface area (Å²) in [5, 5.41) is 4.60. The zero-order valence-electron chi connectivity index (χ0n) is 20.0. The van der Waals surface area contributed by atoms with Crippen LogP contribution in [0.25, 0.3) is 5.69 Å². The third kappa shape index (κ3) is 3.52. The highest BCUT2D eigenvalue weighted by Gasteiger charge is 2.35. The molecule has 5 rings (SSSR count). The van der Waals surface area contributed by atoms with E-state index in [4.69, 9.17) is 0 Å². The number of ketones is 1. The van der Waals surface area contributed by atoms with Crippen LogP contribution in [0, 0.1) is 20.8 Å². The summed E-state index contributed by atoms with van der Waals surface area (Å²) in [4.78, 5) is 42.0. The topological polar surface area (TPSA) is 75.5 Å². The number of fused-ring (bicyclic) bond motifs is 1. The lowest BCUT2D eigenvalue weighted by molar-refractivity contribution is -0.117. The average molecular weight is 457 g/mol. The van der Waals surface area contributed by atoms with Crippen molar-refractivity contribution in [3.63, 3.8) is 0 Å². The Hall–Kier alpha value is -3.74. The van der Waals surface area contributed by atoms with Gasteiger partial charge in [-0.1, -0.05) is 17.7 Å². The quantitative estimate of drug-likeness (QED) is 0.548. The normalized spacial score (nSPS) is 15.8. The maximum absolute atomic E-state index is 13.9. The van der Waals surface area contributed by atoms with Crippen molar-refractivity contribution in [1.82, 2.24) is 9.78 Å². The highest BCUT2D eigenvalue weighted by molar-refractivity contribution is 6.10.